The zero-order valence-corrected chi connectivity index (χ0v) is 16.1. The Bertz CT molecular complexity index is 1010. The number of carbonyl (C=O) groups is 1. The van der Waals surface area contributed by atoms with Crippen molar-refractivity contribution in [3.63, 3.8) is 0 Å². The average Bonchev–Trinajstić information content (AvgIpc) is 3.20. The Kier molecular flexibility index (Phi) is 5.93. The lowest BCUT2D eigenvalue weighted by molar-refractivity contribution is -0.127. The number of hydrogen-bond donors (Lipinski definition) is 1. The molecule has 3 rings (SSSR count). The van der Waals surface area contributed by atoms with Gasteiger partial charge in [-0.05, 0) is 56.2 Å². The van der Waals surface area contributed by atoms with E-state index in [1.165, 1.54) is 10.7 Å². The van der Waals surface area contributed by atoms with Crippen molar-refractivity contribution in [1.29, 1.82) is 0 Å². The number of aryl methyl sites for hydroxylation is 2. The quantitative estimate of drug-likeness (QED) is 0.680. The van der Waals surface area contributed by atoms with Gasteiger partial charge in [0.2, 0.25) is 0 Å². The number of nitrogens with one attached hydrogen (secondary N) is 1. The molecule has 1 amide bonds. The van der Waals surface area contributed by atoms with E-state index in [0.717, 1.165) is 11.1 Å². The van der Waals surface area contributed by atoms with Crippen LogP contribution in [0.1, 0.15) is 18.1 Å². The van der Waals surface area contributed by atoms with Crippen molar-refractivity contribution in [2.45, 2.75) is 33.4 Å². The van der Waals surface area contributed by atoms with Crippen LogP contribution in [0.25, 0.3) is 11.5 Å². The predicted molar refractivity (Wildman–Crippen MR) is 105 cm³/mol. The van der Waals surface area contributed by atoms with Crippen LogP contribution in [-0.4, -0.2) is 28.3 Å². The van der Waals surface area contributed by atoms with Crippen LogP contribution in [0.2, 0.25) is 0 Å². The third kappa shape index (κ3) is 4.68. The highest BCUT2D eigenvalue weighted by molar-refractivity contribution is 5.80. The van der Waals surface area contributed by atoms with Gasteiger partial charge in [-0.25, -0.2) is 4.68 Å². The summed E-state index contributed by atoms with van der Waals surface area (Å²) in [4.78, 5) is 24.3. The highest BCUT2D eigenvalue weighted by Crippen LogP contribution is 2.20. The number of amides is 1. The predicted octanol–water partition coefficient (Wildman–Crippen LogP) is 2.70. The van der Waals surface area contributed by atoms with E-state index in [1.54, 1.807) is 31.4 Å². The number of rotatable bonds is 7. The molecule has 2 aromatic heterocycles. The van der Waals surface area contributed by atoms with Crippen LogP contribution >= 0.6 is 0 Å². The second kappa shape index (κ2) is 8.56. The van der Waals surface area contributed by atoms with Gasteiger partial charge in [-0.15, -0.1) is 0 Å². The molecule has 0 aliphatic heterocycles. The summed E-state index contributed by atoms with van der Waals surface area (Å²) in [5.41, 5.74) is 2.35. The molecule has 3 aromatic rings. The molecule has 0 spiro atoms. The van der Waals surface area contributed by atoms with Crippen molar-refractivity contribution in [3.05, 3.63) is 70.2 Å². The molecule has 146 valence electrons. The van der Waals surface area contributed by atoms with E-state index in [9.17, 15) is 9.59 Å². The maximum absolute atomic E-state index is 12.3. The third-order valence-electron chi connectivity index (χ3n) is 4.28. The van der Waals surface area contributed by atoms with Crippen LogP contribution in [-0.2, 0) is 11.3 Å². The van der Waals surface area contributed by atoms with E-state index in [0.29, 0.717) is 17.2 Å². The number of benzene rings is 1. The standard InChI is InChI=1S/C21H23N3O4/c1-14-6-7-15(2)19(13-14)28-16(3)21(26)22-10-11-24-20(25)9-8-17(23-24)18-5-4-12-27-18/h4-9,12-13,16H,10-11H2,1-3H3,(H,22,26). The Balaban J connectivity index is 1.57. The lowest BCUT2D eigenvalue weighted by atomic mass is 10.1. The maximum Gasteiger partial charge on any atom is 0.266 e. The molecule has 0 saturated carbocycles. The van der Waals surface area contributed by atoms with Gasteiger partial charge in [0.25, 0.3) is 11.5 Å². The molecule has 2 heterocycles. The van der Waals surface area contributed by atoms with Crippen LogP contribution in [0.5, 0.6) is 5.75 Å². The summed E-state index contributed by atoms with van der Waals surface area (Å²) in [6, 6.07) is 12.4. The molecule has 0 radical (unpaired) electrons. The van der Waals surface area contributed by atoms with E-state index in [1.807, 2.05) is 32.0 Å². The molecular formula is C21H23N3O4. The molecule has 0 fully saturated rings. The van der Waals surface area contributed by atoms with Gasteiger partial charge in [-0.2, -0.15) is 5.10 Å². The Morgan fingerprint density at radius 3 is 2.82 bits per heavy atom. The van der Waals surface area contributed by atoms with Crippen LogP contribution in [0.3, 0.4) is 0 Å². The topological polar surface area (TPSA) is 86.4 Å². The molecule has 0 bridgehead atoms. The van der Waals surface area contributed by atoms with Gasteiger partial charge in [0.05, 0.1) is 12.8 Å². The lowest BCUT2D eigenvalue weighted by Gasteiger charge is -2.17. The van der Waals surface area contributed by atoms with E-state index >= 15 is 0 Å². The summed E-state index contributed by atoms with van der Waals surface area (Å²) in [6.45, 7) is 6.10. The van der Waals surface area contributed by atoms with Gasteiger partial charge in [-0.1, -0.05) is 12.1 Å². The van der Waals surface area contributed by atoms with Gasteiger partial charge < -0.3 is 14.5 Å². The zero-order chi connectivity index (χ0) is 20.1. The van der Waals surface area contributed by atoms with Gasteiger partial charge in [0.15, 0.2) is 11.9 Å². The summed E-state index contributed by atoms with van der Waals surface area (Å²) in [5.74, 6) is 1.01. The third-order valence-corrected chi connectivity index (χ3v) is 4.28. The summed E-state index contributed by atoms with van der Waals surface area (Å²) in [7, 11) is 0. The van der Waals surface area contributed by atoms with Gasteiger partial charge in [0, 0.05) is 12.6 Å². The highest BCUT2D eigenvalue weighted by Gasteiger charge is 2.15. The Hall–Kier alpha value is -3.35. The Morgan fingerprint density at radius 2 is 2.07 bits per heavy atom. The van der Waals surface area contributed by atoms with E-state index < -0.39 is 6.10 Å². The van der Waals surface area contributed by atoms with E-state index in [-0.39, 0.29) is 24.6 Å². The van der Waals surface area contributed by atoms with Crippen molar-refractivity contribution in [2.24, 2.45) is 0 Å². The van der Waals surface area contributed by atoms with Crippen molar-refractivity contribution in [3.8, 4) is 17.2 Å². The maximum atomic E-state index is 12.3. The first-order valence-electron chi connectivity index (χ1n) is 9.07. The van der Waals surface area contributed by atoms with Crippen LogP contribution in [0.4, 0.5) is 0 Å². The first-order chi connectivity index (χ1) is 13.4. The van der Waals surface area contributed by atoms with Crippen molar-refractivity contribution in [2.75, 3.05) is 6.54 Å². The summed E-state index contributed by atoms with van der Waals surface area (Å²) < 4.78 is 12.4. The number of furan rings is 1. The van der Waals surface area contributed by atoms with Crippen LogP contribution < -0.4 is 15.6 Å². The van der Waals surface area contributed by atoms with Gasteiger partial charge in [0.1, 0.15) is 11.4 Å². The molecule has 28 heavy (non-hydrogen) atoms. The molecule has 0 aliphatic carbocycles. The first kappa shape index (κ1) is 19.4. The minimum atomic E-state index is -0.653. The number of carbonyl (C=O) groups excluding carboxylic acids is 1. The van der Waals surface area contributed by atoms with Crippen molar-refractivity contribution < 1.29 is 13.9 Å². The summed E-state index contributed by atoms with van der Waals surface area (Å²) in [6.07, 6.45) is 0.893. The molecule has 7 nitrogen and oxygen atoms in total. The number of hydrogen-bond acceptors (Lipinski definition) is 5. The Labute approximate surface area is 162 Å². The smallest absolute Gasteiger partial charge is 0.266 e. The highest BCUT2D eigenvalue weighted by atomic mass is 16.5. The normalized spacial score (nSPS) is 11.8. The molecule has 1 N–H and O–H groups in total. The van der Waals surface area contributed by atoms with Gasteiger partial charge in [-0.3, -0.25) is 9.59 Å². The average molecular weight is 381 g/mol. The first-order valence-corrected chi connectivity index (χ1v) is 9.07. The fraction of sp³-hybridized carbons (Fsp3) is 0.286. The minimum Gasteiger partial charge on any atom is -0.481 e. The molecule has 1 unspecified atom stereocenters. The molecule has 1 atom stereocenters. The summed E-state index contributed by atoms with van der Waals surface area (Å²) >= 11 is 0. The van der Waals surface area contributed by atoms with Gasteiger partial charge >= 0.3 is 0 Å². The van der Waals surface area contributed by atoms with E-state index in [2.05, 4.69) is 10.4 Å². The largest absolute Gasteiger partial charge is 0.481 e. The molecule has 0 saturated heterocycles. The van der Waals surface area contributed by atoms with Crippen LogP contribution in [0.15, 0.2) is 57.9 Å². The number of ether oxygens (including phenoxy) is 1. The Morgan fingerprint density at radius 1 is 1.25 bits per heavy atom. The van der Waals surface area contributed by atoms with Crippen LogP contribution in [0, 0.1) is 13.8 Å². The van der Waals surface area contributed by atoms with E-state index in [4.69, 9.17) is 9.15 Å². The monoisotopic (exact) mass is 381 g/mol. The fourth-order valence-electron chi connectivity index (χ4n) is 2.67. The second-order valence-corrected chi connectivity index (χ2v) is 6.58. The van der Waals surface area contributed by atoms with Crippen molar-refractivity contribution in [1.82, 2.24) is 15.1 Å². The lowest BCUT2D eigenvalue weighted by Crippen LogP contribution is -2.39. The zero-order valence-electron chi connectivity index (χ0n) is 16.1. The van der Waals surface area contributed by atoms with Crippen molar-refractivity contribution >= 4 is 5.91 Å². The molecule has 1 aromatic carbocycles. The summed E-state index contributed by atoms with van der Waals surface area (Å²) in [5, 5.41) is 7.05. The fourth-order valence-corrected chi connectivity index (χ4v) is 2.67. The number of nitrogens with zero attached hydrogens (tertiary/aromatic N) is 2. The molecule has 7 heteroatoms. The number of aromatic nitrogens is 2. The SMILES string of the molecule is Cc1ccc(C)c(OC(C)C(=O)NCCn2nc(-c3ccco3)ccc2=O)c1. The minimum absolute atomic E-state index is 0.245. The molecule has 0 aliphatic rings. The second-order valence-electron chi connectivity index (χ2n) is 6.58. The molecular weight excluding hydrogens is 358 g/mol.